The van der Waals surface area contributed by atoms with Gasteiger partial charge in [0, 0.05) is 24.8 Å². The average Bonchev–Trinajstić information content (AvgIpc) is 2.60. The number of aryl methyl sites for hydroxylation is 1. The van der Waals surface area contributed by atoms with Gasteiger partial charge in [-0.2, -0.15) is 0 Å². The molecule has 25 heavy (non-hydrogen) atoms. The van der Waals surface area contributed by atoms with Crippen molar-refractivity contribution in [1.29, 1.82) is 0 Å². The van der Waals surface area contributed by atoms with E-state index in [9.17, 15) is 14.7 Å². The number of nitrogens with zero attached hydrogens (tertiary/aromatic N) is 1. The van der Waals surface area contributed by atoms with Gasteiger partial charge in [-0.15, -0.1) is 0 Å². The number of ether oxygens (including phenoxy) is 1. The molecule has 1 aliphatic rings. The third-order valence-corrected chi connectivity index (χ3v) is 4.00. The van der Waals surface area contributed by atoms with Crippen LogP contribution >= 0.6 is 0 Å². The fourth-order valence-electron chi connectivity index (χ4n) is 2.70. The zero-order valence-electron chi connectivity index (χ0n) is 13.9. The lowest BCUT2D eigenvalue weighted by Crippen LogP contribution is -2.36. The largest absolute Gasteiger partial charge is 0.507 e. The zero-order valence-corrected chi connectivity index (χ0v) is 13.9. The second-order valence-electron chi connectivity index (χ2n) is 5.79. The van der Waals surface area contributed by atoms with Crippen molar-refractivity contribution in [3.05, 3.63) is 63.7 Å². The maximum Gasteiger partial charge on any atom is 0.351 e. The molecule has 1 saturated heterocycles. The molecule has 0 bridgehead atoms. The van der Waals surface area contributed by atoms with Crippen LogP contribution < -0.4 is 10.5 Å². The minimum Gasteiger partial charge on any atom is -0.507 e. The summed E-state index contributed by atoms with van der Waals surface area (Å²) in [5.41, 5.74) is 0.728. The summed E-state index contributed by atoms with van der Waals surface area (Å²) in [6.45, 7) is 4.69. The Morgan fingerprint density at radius 3 is 2.52 bits per heavy atom. The summed E-state index contributed by atoms with van der Waals surface area (Å²) in [6, 6.07) is 9.00. The Hall–Kier alpha value is -2.86. The molecule has 0 amide bonds. The smallest absolute Gasteiger partial charge is 0.351 e. The van der Waals surface area contributed by atoms with E-state index in [1.807, 2.05) is 24.3 Å². The minimum atomic E-state index is -0.838. The van der Waals surface area contributed by atoms with Crippen LogP contribution in [0.1, 0.15) is 21.7 Å². The van der Waals surface area contributed by atoms with E-state index in [2.05, 4.69) is 4.90 Å². The van der Waals surface area contributed by atoms with Gasteiger partial charge in [0.2, 0.25) is 0 Å². The summed E-state index contributed by atoms with van der Waals surface area (Å²) in [5, 5.41) is 9.79. The Morgan fingerprint density at radius 1 is 1.20 bits per heavy atom. The first-order chi connectivity index (χ1) is 12.0. The number of morpholine rings is 1. The first kappa shape index (κ1) is 17.0. The summed E-state index contributed by atoms with van der Waals surface area (Å²) >= 11 is 0. The second-order valence-corrected chi connectivity index (χ2v) is 5.79. The molecule has 0 aliphatic carbocycles. The molecule has 0 radical (unpaired) electrons. The van der Waals surface area contributed by atoms with E-state index in [0.29, 0.717) is 0 Å². The highest BCUT2D eigenvalue weighted by Gasteiger charge is 2.16. The van der Waals surface area contributed by atoms with E-state index in [1.165, 1.54) is 19.1 Å². The number of carbonyl (C=O) groups is 1. The van der Waals surface area contributed by atoms with Crippen molar-refractivity contribution in [2.75, 3.05) is 31.2 Å². The molecule has 1 N–H and O–H groups in total. The van der Waals surface area contributed by atoms with E-state index in [1.54, 1.807) is 6.08 Å². The number of hydrogen-bond donors (Lipinski definition) is 1. The molecule has 0 unspecified atom stereocenters. The molecule has 0 atom stereocenters. The number of anilines is 1. The lowest BCUT2D eigenvalue weighted by molar-refractivity contribution is 0.104. The summed E-state index contributed by atoms with van der Waals surface area (Å²) < 4.78 is 10.2. The minimum absolute atomic E-state index is 0.252. The monoisotopic (exact) mass is 341 g/mol. The van der Waals surface area contributed by atoms with Crippen molar-refractivity contribution in [1.82, 2.24) is 0 Å². The predicted molar refractivity (Wildman–Crippen MR) is 94.2 cm³/mol. The number of ketones is 1. The van der Waals surface area contributed by atoms with E-state index in [-0.39, 0.29) is 17.1 Å². The fourth-order valence-corrected chi connectivity index (χ4v) is 2.70. The van der Waals surface area contributed by atoms with E-state index < -0.39 is 11.4 Å². The Balaban J connectivity index is 1.73. The summed E-state index contributed by atoms with van der Waals surface area (Å²) in [7, 11) is 0. The van der Waals surface area contributed by atoms with Crippen molar-refractivity contribution in [2.45, 2.75) is 6.92 Å². The van der Waals surface area contributed by atoms with Crippen molar-refractivity contribution in [2.24, 2.45) is 0 Å². The maximum absolute atomic E-state index is 12.2. The molecular weight excluding hydrogens is 322 g/mol. The molecular formula is C19H19NO5. The first-order valence-corrected chi connectivity index (χ1v) is 8.03. The van der Waals surface area contributed by atoms with Gasteiger partial charge in [-0.05, 0) is 30.7 Å². The summed E-state index contributed by atoms with van der Waals surface area (Å²) in [4.78, 5) is 26.1. The van der Waals surface area contributed by atoms with E-state index >= 15 is 0 Å². The Morgan fingerprint density at radius 2 is 1.88 bits per heavy atom. The molecule has 1 fully saturated rings. The molecule has 130 valence electrons. The average molecular weight is 341 g/mol. The Labute approximate surface area is 145 Å². The highest BCUT2D eigenvalue weighted by molar-refractivity contribution is 6.08. The Kier molecular flexibility index (Phi) is 5.00. The van der Waals surface area contributed by atoms with Crippen LogP contribution in [0.3, 0.4) is 0 Å². The predicted octanol–water partition coefficient (Wildman–Crippen LogP) is 2.39. The lowest BCUT2D eigenvalue weighted by atomic mass is 10.1. The molecule has 0 spiro atoms. The molecule has 2 aromatic rings. The number of allylic oxidation sites excluding steroid dienone is 1. The normalized spacial score (nSPS) is 14.8. The van der Waals surface area contributed by atoms with Crippen LogP contribution in [0.4, 0.5) is 5.69 Å². The van der Waals surface area contributed by atoms with Crippen LogP contribution in [-0.4, -0.2) is 37.2 Å². The van der Waals surface area contributed by atoms with Gasteiger partial charge in [0.1, 0.15) is 17.1 Å². The second kappa shape index (κ2) is 7.36. The van der Waals surface area contributed by atoms with Crippen LogP contribution in [0.15, 0.2) is 45.6 Å². The maximum atomic E-state index is 12.2. The van der Waals surface area contributed by atoms with Crippen LogP contribution in [0.25, 0.3) is 6.08 Å². The standard InChI is InChI=1S/C19H19NO5/c1-13-12-17(22)18(19(23)25-13)16(21)7-4-14-2-5-15(6-3-14)20-8-10-24-11-9-20/h2-7,12,22H,8-11H2,1H3. The van der Waals surface area contributed by atoms with Gasteiger partial charge < -0.3 is 19.2 Å². The van der Waals surface area contributed by atoms with Crippen molar-refractivity contribution >= 4 is 17.5 Å². The highest BCUT2D eigenvalue weighted by Crippen LogP contribution is 2.19. The van der Waals surface area contributed by atoms with Crippen molar-refractivity contribution in [3.63, 3.8) is 0 Å². The molecule has 3 rings (SSSR count). The van der Waals surface area contributed by atoms with Gasteiger partial charge in [0.15, 0.2) is 5.78 Å². The zero-order chi connectivity index (χ0) is 17.8. The number of aromatic hydroxyl groups is 1. The molecule has 6 nitrogen and oxygen atoms in total. The number of hydrogen-bond acceptors (Lipinski definition) is 6. The molecule has 2 heterocycles. The number of rotatable bonds is 4. The number of benzene rings is 1. The first-order valence-electron chi connectivity index (χ1n) is 8.03. The van der Waals surface area contributed by atoms with Gasteiger partial charge in [-0.3, -0.25) is 4.79 Å². The van der Waals surface area contributed by atoms with E-state index in [0.717, 1.165) is 37.6 Å². The van der Waals surface area contributed by atoms with Crippen LogP contribution in [-0.2, 0) is 4.74 Å². The van der Waals surface area contributed by atoms with Crippen LogP contribution in [0, 0.1) is 6.92 Å². The van der Waals surface area contributed by atoms with Crippen molar-refractivity contribution in [3.8, 4) is 5.75 Å². The quantitative estimate of drug-likeness (QED) is 0.679. The molecule has 1 aliphatic heterocycles. The van der Waals surface area contributed by atoms with Crippen molar-refractivity contribution < 1.29 is 19.1 Å². The van der Waals surface area contributed by atoms with Gasteiger partial charge in [0.05, 0.1) is 13.2 Å². The number of carbonyl (C=O) groups excluding carboxylic acids is 1. The lowest BCUT2D eigenvalue weighted by Gasteiger charge is -2.28. The SMILES string of the molecule is Cc1cc(O)c(C(=O)C=Cc2ccc(N3CCOCC3)cc2)c(=O)o1. The van der Waals surface area contributed by atoms with E-state index in [4.69, 9.17) is 9.15 Å². The topological polar surface area (TPSA) is 80.0 Å². The highest BCUT2D eigenvalue weighted by atomic mass is 16.5. The molecule has 0 saturated carbocycles. The molecule has 1 aromatic heterocycles. The Bertz CT molecular complexity index is 845. The molecule has 6 heteroatoms. The summed E-state index contributed by atoms with van der Waals surface area (Å²) in [5.74, 6) is -0.712. The van der Waals surface area contributed by atoms with Crippen LogP contribution in [0.5, 0.6) is 5.75 Å². The van der Waals surface area contributed by atoms with Gasteiger partial charge in [-0.25, -0.2) is 4.79 Å². The fraction of sp³-hybridized carbons (Fsp3) is 0.263. The third kappa shape index (κ3) is 3.97. The van der Waals surface area contributed by atoms with Gasteiger partial charge in [-0.1, -0.05) is 18.2 Å². The van der Waals surface area contributed by atoms with Crippen LogP contribution in [0.2, 0.25) is 0 Å². The van der Waals surface area contributed by atoms with Gasteiger partial charge in [0.25, 0.3) is 0 Å². The third-order valence-electron chi connectivity index (χ3n) is 4.00. The van der Waals surface area contributed by atoms with Gasteiger partial charge >= 0.3 is 5.63 Å². The summed E-state index contributed by atoms with van der Waals surface area (Å²) in [6.07, 6.45) is 2.86. The molecule has 1 aromatic carbocycles.